The van der Waals surface area contributed by atoms with Gasteiger partial charge in [-0.15, -0.1) is 3.63 Å². The average Bonchev–Trinajstić information content (AvgIpc) is 2.46. The minimum Gasteiger partial charge on any atom is -0.207 e. The van der Waals surface area contributed by atoms with Crippen molar-refractivity contribution in [3.63, 3.8) is 0 Å². The van der Waals surface area contributed by atoms with Gasteiger partial charge in [-0.2, -0.15) is 30.0 Å². The van der Waals surface area contributed by atoms with E-state index >= 15 is 0 Å². The van der Waals surface area contributed by atoms with Crippen molar-refractivity contribution in [3.8, 4) is 0 Å². The van der Waals surface area contributed by atoms with Crippen molar-refractivity contribution in [2.75, 3.05) is 0 Å². The van der Waals surface area contributed by atoms with Crippen LogP contribution in [0.3, 0.4) is 0 Å². The second kappa shape index (κ2) is 6.15. The molecule has 0 heterocycles. The Morgan fingerprint density at radius 3 is 1.46 bits per heavy atom. The number of alkyl halides is 3. The van der Waals surface area contributed by atoms with Gasteiger partial charge in [0.15, 0.2) is 0 Å². The molecular weight excluding hydrogens is 376 g/mol. The van der Waals surface area contributed by atoms with E-state index in [2.05, 4.69) is 3.63 Å². The monoisotopic (exact) mass is 384 g/mol. The molecule has 2 rings (SSSR count). The first-order chi connectivity index (χ1) is 10.9. The fraction of sp³-hybridized carbons (Fsp3) is 0.0769. The summed E-state index contributed by atoms with van der Waals surface area (Å²) in [6, 6.07) is 5.21. The zero-order valence-corrected chi connectivity index (χ0v) is 13.1. The van der Waals surface area contributed by atoms with E-state index in [9.17, 15) is 34.4 Å². The molecule has 11 heteroatoms. The van der Waals surface area contributed by atoms with Crippen LogP contribution in [0.2, 0.25) is 0 Å². The molecule has 24 heavy (non-hydrogen) atoms. The van der Waals surface area contributed by atoms with Gasteiger partial charge in [-0.05, 0) is 48.5 Å². The zero-order valence-electron chi connectivity index (χ0n) is 11.5. The third-order valence-electron chi connectivity index (χ3n) is 2.75. The second-order valence-electron chi connectivity index (χ2n) is 4.45. The highest BCUT2D eigenvalue weighted by molar-refractivity contribution is 7.99. The molecule has 2 aromatic carbocycles. The van der Waals surface area contributed by atoms with E-state index in [1.54, 1.807) is 0 Å². The molecule has 0 aliphatic carbocycles. The Morgan fingerprint density at radius 2 is 1.08 bits per heavy atom. The smallest absolute Gasteiger partial charge is 0.207 e. The summed E-state index contributed by atoms with van der Waals surface area (Å²) in [6.45, 7) is 0. The van der Waals surface area contributed by atoms with E-state index < -0.39 is 47.6 Å². The minimum absolute atomic E-state index is 0.473. The van der Waals surface area contributed by atoms with Crippen molar-refractivity contribution < 1.29 is 38.0 Å². The first-order valence-electron chi connectivity index (χ1n) is 6.06. The van der Waals surface area contributed by atoms with Gasteiger partial charge in [0.05, 0.1) is 15.4 Å². The first-order valence-corrected chi connectivity index (χ1v) is 8.87. The maximum atomic E-state index is 12.8. The molecule has 0 atom stereocenters. The average molecular weight is 384 g/mol. The van der Waals surface area contributed by atoms with Gasteiger partial charge in [-0.25, -0.2) is 4.39 Å². The number of rotatable bonds is 4. The van der Waals surface area contributed by atoms with Crippen molar-refractivity contribution in [2.45, 2.75) is 16.0 Å². The lowest BCUT2D eigenvalue weighted by Crippen LogP contribution is -2.14. The lowest BCUT2D eigenvalue weighted by Gasteiger charge is -2.09. The molecule has 0 radical (unpaired) electrons. The predicted molar refractivity (Wildman–Crippen MR) is 73.3 cm³/mol. The molecule has 0 N–H and O–H groups in total. The lowest BCUT2D eigenvalue weighted by atomic mass is 10.2. The van der Waals surface area contributed by atoms with Gasteiger partial charge >= 0.3 is 26.4 Å². The van der Waals surface area contributed by atoms with E-state index in [-0.39, 0.29) is 0 Å². The minimum atomic E-state index is -4.89. The molecule has 0 unspecified atom stereocenters. The Labute approximate surface area is 134 Å². The van der Waals surface area contributed by atoms with Crippen LogP contribution in [-0.4, -0.2) is 16.8 Å². The second-order valence-corrected chi connectivity index (χ2v) is 7.76. The summed E-state index contributed by atoms with van der Waals surface area (Å²) in [5.74, 6) is -0.750. The molecule has 130 valence electrons. The summed E-state index contributed by atoms with van der Waals surface area (Å²) in [4.78, 5) is -1.40. The summed E-state index contributed by atoms with van der Waals surface area (Å²) in [5.41, 5.74) is -1.11. The van der Waals surface area contributed by atoms with Gasteiger partial charge in [0.25, 0.3) is 0 Å². The lowest BCUT2D eigenvalue weighted by molar-refractivity contribution is -0.137. The summed E-state index contributed by atoms with van der Waals surface area (Å²) >= 11 is 0. The SMILES string of the molecule is O=S(=O)(OS(=O)(=O)c1ccc(C(F)(F)F)cc1)c1ccc(F)cc1. The molecule has 0 bridgehead atoms. The molecule has 0 amide bonds. The number of hydrogen-bond acceptors (Lipinski definition) is 5. The van der Waals surface area contributed by atoms with Crippen LogP contribution in [0.25, 0.3) is 0 Å². The molecule has 2 aromatic rings. The van der Waals surface area contributed by atoms with Crippen LogP contribution in [0.4, 0.5) is 17.6 Å². The van der Waals surface area contributed by atoms with E-state index in [1.807, 2.05) is 0 Å². The Balaban J connectivity index is 2.32. The van der Waals surface area contributed by atoms with Crippen LogP contribution in [0.5, 0.6) is 0 Å². The van der Waals surface area contributed by atoms with E-state index in [1.165, 1.54) is 0 Å². The van der Waals surface area contributed by atoms with E-state index in [0.717, 1.165) is 24.3 Å². The first kappa shape index (κ1) is 18.4. The maximum Gasteiger partial charge on any atom is 0.416 e. The third kappa shape index (κ3) is 4.10. The van der Waals surface area contributed by atoms with Gasteiger partial charge in [0, 0.05) is 0 Å². The fourth-order valence-corrected chi connectivity index (χ4v) is 4.12. The van der Waals surface area contributed by atoms with Gasteiger partial charge < -0.3 is 0 Å². The topological polar surface area (TPSA) is 77.5 Å². The van der Waals surface area contributed by atoms with Gasteiger partial charge in [0.2, 0.25) is 0 Å². The Morgan fingerprint density at radius 1 is 0.708 bits per heavy atom. The number of benzene rings is 2. The highest BCUT2D eigenvalue weighted by Gasteiger charge is 2.32. The fourth-order valence-electron chi connectivity index (χ4n) is 1.61. The van der Waals surface area contributed by atoms with Crippen LogP contribution in [-0.2, 0) is 30.0 Å². The van der Waals surface area contributed by atoms with Crippen molar-refractivity contribution in [3.05, 3.63) is 59.9 Å². The Hall–Kier alpha value is -1.98. The van der Waals surface area contributed by atoms with Gasteiger partial charge in [-0.3, -0.25) is 0 Å². The summed E-state index contributed by atoms with van der Waals surface area (Å²) in [7, 11) is -9.69. The molecule has 0 aliphatic heterocycles. The Kier molecular flexibility index (Phi) is 4.70. The standard InChI is InChI=1S/C13H8F4O5S2/c14-10-3-7-12(8-4-10)24(20,21)22-23(18,19)11-5-1-9(2-6-11)13(15,16)17/h1-8H. The zero-order chi connectivity index (χ0) is 18.2. The molecular formula is C13H8F4O5S2. The molecule has 0 aliphatic rings. The largest absolute Gasteiger partial charge is 0.416 e. The van der Waals surface area contributed by atoms with Crippen molar-refractivity contribution in [2.24, 2.45) is 0 Å². The van der Waals surface area contributed by atoms with Gasteiger partial charge in [-0.1, -0.05) is 0 Å². The summed E-state index contributed by atoms with van der Waals surface area (Å²) in [5, 5.41) is 0. The Bertz CT molecular complexity index is 931. The van der Waals surface area contributed by atoms with Crippen LogP contribution in [0.1, 0.15) is 5.56 Å². The normalized spacial score (nSPS) is 13.0. The third-order valence-corrected chi connectivity index (χ3v) is 5.88. The van der Waals surface area contributed by atoms with Crippen molar-refractivity contribution in [1.29, 1.82) is 0 Å². The van der Waals surface area contributed by atoms with Crippen LogP contribution in [0, 0.1) is 5.82 Å². The maximum absolute atomic E-state index is 12.8. The quantitative estimate of drug-likeness (QED) is 0.758. The van der Waals surface area contributed by atoms with Gasteiger partial charge in [0.1, 0.15) is 5.82 Å². The van der Waals surface area contributed by atoms with E-state index in [4.69, 9.17) is 0 Å². The van der Waals surface area contributed by atoms with Crippen LogP contribution in [0.15, 0.2) is 58.3 Å². The number of halogens is 4. The number of hydrogen-bond donors (Lipinski definition) is 0. The molecule has 0 saturated heterocycles. The molecule has 0 aromatic heterocycles. The van der Waals surface area contributed by atoms with E-state index in [0.29, 0.717) is 24.3 Å². The van der Waals surface area contributed by atoms with Crippen LogP contribution >= 0.6 is 0 Å². The van der Waals surface area contributed by atoms with Crippen molar-refractivity contribution >= 4 is 20.2 Å². The molecule has 5 nitrogen and oxygen atoms in total. The predicted octanol–water partition coefficient (Wildman–Crippen LogP) is 2.94. The molecule has 0 saturated carbocycles. The van der Waals surface area contributed by atoms with Crippen molar-refractivity contribution in [1.82, 2.24) is 0 Å². The molecule has 0 fully saturated rings. The highest BCUT2D eigenvalue weighted by Crippen LogP contribution is 2.30. The molecule has 0 spiro atoms. The highest BCUT2D eigenvalue weighted by atomic mass is 32.3. The summed E-state index contributed by atoms with van der Waals surface area (Å²) < 4.78 is 102. The summed E-state index contributed by atoms with van der Waals surface area (Å²) in [6.07, 6.45) is -4.68. The van der Waals surface area contributed by atoms with Crippen LogP contribution < -0.4 is 0 Å².